The van der Waals surface area contributed by atoms with Crippen LogP contribution in [-0.2, 0) is 11.3 Å². The van der Waals surface area contributed by atoms with Crippen LogP contribution in [0.1, 0.15) is 11.1 Å². The van der Waals surface area contributed by atoms with Crippen LogP contribution in [0.2, 0.25) is 0 Å². The zero-order chi connectivity index (χ0) is 13.7. The van der Waals surface area contributed by atoms with Gasteiger partial charge in [0.1, 0.15) is 18.5 Å². The highest BCUT2D eigenvalue weighted by Crippen LogP contribution is 2.11. The molecule has 1 N–H and O–H groups in total. The molecule has 0 saturated carbocycles. The lowest BCUT2D eigenvalue weighted by Gasteiger charge is -2.26. The van der Waals surface area contributed by atoms with Gasteiger partial charge in [-0.1, -0.05) is 6.07 Å². The van der Waals surface area contributed by atoms with Crippen molar-refractivity contribution in [3.05, 3.63) is 35.1 Å². The largest absolute Gasteiger partial charge is 0.445 e. The fraction of sp³-hybridized carbons (Fsp3) is 0.385. The Labute approximate surface area is 110 Å². The van der Waals surface area contributed by atoms with Crippen LogP contribution in [0.25, 0.3) is 0 Å². The van der Waals surface area contributed by atoms with Crippen LogP contribution in [0.5, 0.6) is 0 Å². The number of benzene rings is 1. The minimum Gasteiger partial charge on any atom is -0.445 e. The van der Waals surface area contributed by atoms with Crippen LogP contribution in [0.4, 0.5) is 9.18 Å². The number of amides is 1. The van der Waals surface area contributed by atoms with E-state index in [9.17, 15) is 9.18 Å². The van der Waals surface area contributed by atoms with Gasteiger partial charge >= 0.3 is 6.09 Å². The third-order valence-corrected chi connectivity index (χ3v) is 2.89. The number of carbonyl (C=O) groups is 1. The molecular weight excluding hydrogens is 249 g/mol. The van der Waals surface area contributed by atoms with Crippen molar-refractivity contribution in [3.8, 4) is 6.07 Å². The predicted octanol–water partition coefficient (Wildman–Crippen LogP) is 1.24. The van der Waals surface area contributed by atoms with Crippen molar-refractivity contribution in [1.29, 1.82) is 5.26 Å². The molecule has 1 aromatic carbocycles. The summed E-state index contributed by atoms with van der Waals surface area (Å²) >= 11 is 0. The highest BCUT2D eigenvalue weighted by Gasteiger charge is 2.17. The number of ether oxygens (including phenoxy) is 1. The van der Waals surface area contributed by atoms with Crippen LogP contribution in [0.3, 0.4) is 0 Å². The lowest BCUT2D eigenvalue weighted by Crippen LogP contribution is -2.46. The van der Waals surface area contributed by atoms with Crippen molar-refractivity contribution in [3.63, 3.8) is 0 Å². The number of rotatable bonds is 2. The Bertz CT molecular complexity index is 507. The topological polar surface area (TPSA) is 65.4 Å². The summed E-state index contributed by atoms with van der Waals surface area (Å²) in [5.41, 5.74) is 0.553. The van der Waals surface area contributed by atoms with E-state index < -0.39 is 5.82 Å². The van der Waals surface area contributed by atoms with Gasteiger partial charge in [0.2, 0.25) is 0 Å². The first-order valence-corrected chi connectivity index (χ1v) is 6.01. The Morgan fingerprint density at radius 1 is 1.47 bits per heavy atom. The highest BCUT2D eigenvalue weighted by atomic mass is 19.1. The highest BCUT2D eigenvalue weighted by molar-refractivity contribution is 5.67. The maximum absolute atomic E-state index is 13.1. The number of nitrogens with zero attached hydrogens (tertiary/aromatic N) is 2. The van der Waals surface area contributed by atoms with Gasteiger partial charge in [0.05, 0.1) is 5.56 Å². The number of nitrogens with one attached hydrogen (secondary N) is 1. The van der Waals surface area contributed by atoms with Gasteiger partial charge in [-0.25, -0.2) is 9.18 Å². The molecular formula is C13H14FN3O2. The number of halogens is 1. The van der Waals surface area contributed by atoms with Gasteiger partial charge in [-0.05, 0) is 17.7 Å². The van der Waals surface area contributed by atoms with Crippen molar-refractivity contribution in [2.75, 3.05) is 26.2 Å². The van der Waals surface area contributed by atoms with Gasteiger partial charge < -0.3 is 15.0 Å². The van der Waals surface area contributed by atoms with Crippen molar-refractivity contribution >= 4 is 6.09 Å². The van der Waals surface area contributed by atoms with E-state index in [1.54, 1.807) is 11.0 Å². The number of hydrogen-bond donors (Lipinski definition) is 1. The summed E-state index contributed by atoms with van der Waals surface area (Å²) in [6.07, 6.45) is -0.385. The van der Waals surface area contributed by atoms with Crippen LogP contribution in [0.15, 0.2) is 18.2 Å². The number of nitriles is 1. The van der Waals surface area contributed by atoms with Crippen molar-refractivity contribution < 1.29 is 13.9 Å². The van der Waals surface area contributed by atoms with Crippen LogP contribution in [-0.4, -0.2) is 37.2 Å². The second kappa shape index (κ2) is 6.16. The maximum atomic E-state index is 13.1. The Hall–Kier alpha value is -2.13. The Morgan fingerprint density at radius 3 is 2.89 bits per heavy atom. The van der Waals surface area contributed by atoms with Crippen LogP contribution < -0.4 is 5.32 Å². The molecule has 0 atom stereocenters. The summed E-state index contributed by atoms with van der Waals surface area (Å²) < 4.78 is 18.2. The zero-order valence-corrected chi connectivity index (χ0v) is 10.4. The average molecular weight is 263 g/mol. The second-order valence-electron chi connectivity index (χ2n) is 4.22. The lowest BCUT2D eigenvalue weighted by molar-refractivity contribution is 0.0918. The standard InChI is InChI=1S/C13H14FN3O2/c14-12-2-1-10(7-11(12)8-15)9-19-13(18)17-5-3-16-4-6-17/h1-2,7,16H,3-6,9H2. The van der Waals surface area contributed by atoms with Gasteiger partial charge in [0.15, 0.2) is 0 Å². The molecule has 0 spiro atoms. The summed E-state index contributed by atoms with van der Waals surface area (Å²) in [7, 11) is 0. The molecule has 1 fully saturated rings. The van der Waals surface area contributed by atoms with Crippen molar-refractivity contribution in [2.24, 2.45) is 0 Å². The summed E-state index contributed by atoms with van der Waals surface area (Å²) in [6.45, 7) is 2.78. The van der Waals surface area contributed by atoms with E-state index in [0.29, 0.717) is 18.7 Å². The Morgan fingerprint density at radius 2 is 2.21 bits per heavy atom. The number of hydrogen-bond acceptors (Lipinski definition) is 4. The minimum atomic E-state index is -0.570. The molecule has 1 amide bonds. The summed E-state index contributed by atoms with van der Waals surface area (Å²) in [5, 5.41) is 11.8. The molecule has 0 radical (unpaired) electrons. The van der Waals surface area contributed by atoms with Gasteiger partial charge in [-0.3, -0.25) is 0 Å². The molecule has 0 aromatic heterocycles. The maximum Gasteiger partial charge on any atom is 0.410 e. The third-order valence-electron chi connectivity index (χ3n) is 2.89. The molecule has 1 saturated heterocycles. The summed E-state index contributed by atoms with van der Waals surface area (Å²) in [4.78, 5) is 13.3. The average Bonchev–Trinajstić information content (AvgIpc) is 2.47. The molecule has 2 rings (SSSR count). The van der Waals surface area contributed by atoms with Crippen molar-refractivity contribution in [1.82, 2.24) is 10.2 Å². The Kier molecular flexibility index (Phi) is 4.31. The number of carbonyl (C=O) groups excluding carboxylic acids is 1. The van der Waals surface area contributed by atoms with Gasteiger partial charge in [-0.2, -0.15) is 5.26 Å². The van der Waals surface area contributed by atoms with E-state index >= 15 is 0 Å². The summed E-state index contributed by atoms with van der Waals surface area (Å²) in [5.74, 6) is -0.570. The van der Waals surface area contributed by atoms with Crippen LogP contribution >= 0.6 is 0 Å². The summed E-state index contributed by atoms with van der Waals surface area (Å²) in [6, 6.07) is 5.84. The molecule has 1 aliphatic rings. The molecule has 5 nitrogen and oxygen atoms in total. The molecule has 0 aliphatic carbocycles. The molecule has 100 valence electrons. The third kappa shape index (κ3) is 3.42. The van der Waals surface area contributed by atoms with E-state index in [0.717, 1.165) is 13.1 Å². The molecule has 6 heteroatoms. The number of piperazine rings is 1. The van der Waals surface area contributed by atoms with E-state index in [1.807, 2.05) is 0 Å². The van der Waals surface area contributed by atoms with Crippen LogP contribution in [0, 0.1) is 17.1 Å². The molecule has 0 bridgehead atoms. The molecule has 1 aliphatic heterocycles. The van der Waals surface area contributed by atoms with Gasteiger partial charge in [-0.15, -0.1) is 0 Å². The smallest absolute Gasteiger partial charge is 0.410 e. The first-order valence-electron chi connectivity index (χ1n) is 6.01. The fourth-order valence-corrected chi connectivity index (χ4v) is 1.83. The first kappa shape index (κ1) is 13.3. The van der Waals surface area contributed by atoms with Gasteiger partial charge in [0, 0.05) is 26.2 Å². The quantitative estimate of drug-likeness (QED) is 0.871. The normalized spacial score (nSPS) is 14.8. The predicted molar refractivity (Wildman–Crippen MR) is 65.7 cm³/mol. The Balaban J connectivity index is 1.91. The van der Waals surface area contributed by atoms with E-state index in [-0.39, 0.29) is 18.3 Å². The van der Waals surface area contributed by atoms with Gasteiger partial charge in [0.25, 0.3) is 0 Å². The molecule has 1 aromatic rings. The SMILES string of the molecule is N#Cc1cc(COC(=O)N2CCNCC2)ccc1F. The molecule has 1 heterocycles. The van der Waals surface area contributed by atoms with E-state index in [2.05, 4.69) is 5.32 Å². The van der Waals surface area contributed by atoms with E-state index in [1.165, 1.54) is 18.2 Å². The van der Waals surface area contributed by atoms with Crippen molar-refractivity contribution in [2.45, 2.75) is 6.61 Å². The fourth-order valence-electron chi connectivity index (χ4n) is 1.83. The lowest BCUT2D eigenvalue weighted by atomic mass is 10.1. The second-order valence-corrected chi connectivity index (χ2v) is 4.22. The van der Waals surface area contributed by atoms with E-state index in [4.69, 9.17) is 10.00 Å². The molecule has 19 heavy (non-hydrogen) atoms. The minimum absolute atomic E-state index is 0.0394. The zero-order valence-electron chi connectivity index (χ0n) is 10.4. The first-order chi connectivity index (χ1) is 9.20. The monoisotopic (exact) mass is 263 g/mol. The molecule has 0 unspecified atom stereocenters.